The summed E-state index contributed by atoms with van der Waals surface area (Å²) >= 11 is 0. The van der Waals surface area contributed by atoms with Gasteiger partial charge < -0.3 is 4.57 Å². The normalized spacial score (nSPS) is 10.9. The van der Waals surface area contributed by atoms with Gasteiger partial charge in [-0.25, -0.2) is 4.99 Å². The summed E-state index contributed by atoms with van der Waals surface area (Å²) in [6.07, 6.45) is 3.78. The van der Waals surface area contributed by atoms with E-state index < -0.39 is 0 Å². The van der Waals surface area contributed by atoms with Crippen LogP contribution in [0.5, 0.6) is 0 Å². The molecule has 1 aromatic rings. The van der Waals surface area contributed by atoms with Crippen molar-refractivity contribution in [3.8, 4) is 0 Å². The predicted molar refractivity (Wildman–Crippen MR) is 53.1 cm³/mol. The van der Waals surface area contributed by atoms with Crippen LogP contribution in [-0.2, 0) is 7.05 Å². The molecule has 0 fully saturated rings. The molecule has 0 aliphatic rings. The maximum Gasteiger partial charge on any atom is 0.135 e. The molecule has 12 heavy (non-hydrogen) atoms. The van der Waals surface area contributed by atoms with Gasteiger partial charge in [0.05, 0.1) is 0 Å². The van der Waals surface area contributed by atoms with Gasteiger partial charge in [0.1, 0.15) is 5.82 Å². The molecule has 0 spiro atoms. The maximum absolute atomic E-state index is 4.30. The molecule has 0 saturated heterocycles. The highest BCUT2D eigenvalue weighted by Gasteiger charge is 1.98. The number of aromatic nitrogens is 1. The number of aryl methyl sites for hydroxylation is 2. The van der Waals surface area contributed by atoms with Gasteiger partial charge in [-0.15, -0.1) is 0 Å². The Bertz CT molecular complexity index is 299. The van der Waals surface area contributed by atoms with Crippen LogP contribution in [0.2, 0.25) is 0 Å². The van der Waals surface area contributed by atoms with Crippen molar-refractivity contribution in [3.63, 3.8) is 0 Å². The number of rotatable bonds is 2. The molecule has 0 unspecified atom stereocenters. The lowest BCUT2D eigenvalue weighted by Gasteiger charge is -1.97. The molecule has 0 saturated carbocycles. The summed E-state index contributed by atoms with van der Waals surface area (Å²) in [5, 5.41) is 0. The first-order chi connectivity index (χ1) is 5.61. The van der Waals surface area contributed by atoms with Crippen molar-refractivity contribution in [2.45, 2.75) is 13.8 Å². The van der Waals surface area contributed by atoms with Crippen LogP contribution in [0, 0.1) is 6.92 Å². The Hall–Kier alpha value is -1.31. The highest BCUT2D eigenvalue weighted by molar-refractivity contribution is 5.79. The van der Waals surface area contributed by atoms with E-state index in [9.17, 15) is 0 Å². The molecule has 0 aliphatic heterocycles. The first-order valence-corrected chi connectivity index (χ1v) is 3.93. The molecule has 0 aliphatic carbocycles. The lowest BCUT2D eigenvalue weighted by atomic mass is 10.3. The average molecular weight is 162 g/mol. The average Bonchev–Trinajstić information content (AvgIpc) is 2.28. The Labute approximate surface area is 73.2 Å². The molecule has 0 N–H and O–H groups in total. The smallest absolute Gasteiger partial charge is 0.135 e. The predicted octanol–water partition coefficient (Wildman–Crippen LogP) is 2.61. The molecule has 2 nitrogen and oxygen atoms in total. The third-order valence-corrected chi connectivity index (χ3v) is 1.64. The Morgan fingerprint density at radius 1 is 1.67 bits per heavy atom. The monoisotopic (exact) mass is 162 g/mol. The summed E-state index contributed by atoms with van der Waals surface area (Å²) < 4.78 is 1.99. The van der Waals surface area contributed by atoms with Crippen molar-refractivity contribution in [1.82, 2.24) is 4.57 Å². The molecule has 1 aromatic heterocycles. The summed E-state index contributed by atoms with van der Waals surface area (Å²) in [7, 11) is 1.98. The van der Waals surface area contributed by atoms with E-state index in [1.165, 1.54) is 5.56 Å². The van der Waals surface area contributed by atoms with E-state index in [1.54, 1.807) is 6.21 Å². The molecule has 64 valence electrons. The van der Waals surface area contributed by atoms with Gasteiger partial charge in [0.2, 0.25) is 0 Å². The second kappa shape index (κ2) is 3.39. The first kappa shape index (κ1) is 8.78. The molecule has 1 rings (SSSR count). The Kier molecular flexibility index (Phi) is 2.48. The van der Waals surface area contributed by atoms with E-state index in [1.807, 2.05) is 37.7 Å². The molecule has 0 atom stereocenters. The number of allylic oxidation sites excluding steroid dienone is 1. The van der Waals surface area contributed by atoms with Gasteiger partial charge in [-0.05, 0) is 31.1 Å². The number of nitrogens with zero attached hydrogens (tertiary/aromatic N) is 2. The summed E-state index contributed by atoms with van der Waals surface area (Å²) in [5.41, 5.74) is 2.16. The van der Waals surface area contributed by atoms with Gasteiger partial charge in [0.15, 0.2) is 0 Å². The lowest BCUT2D eigenvalue weighted by Crippen LogP contribution is -1.84. The molecule has 1 heterocycles. The topological polar surface area (TPSA) is 17.3 Å². The largest absolute Gasteiger partial charge is 0.336 e. The molecular weight excluding hydrogens is 148 g/mol. The fourth-order valence-corrected chi connectivity index (χ4v) is 1.01. The van der Waals surface area contributed by atoms with Gasteiger partial charge in [0.25, 0.3) is 0 Å². The van der Waals surface area contributed by atoms with Gasteiger partial charge >= 0.3 is 0 Å². The summed E-state index contributed by atoms with van der Waals surface area (Å²) in [6.45, 7) is 7.73. The fourth-order valence-electron chi connectivity index (χ4n) is 1.01. The molecule has 0 amide bonds. The van der Waals surface area contributed by atoms with Crippen LogP contribution in [0.4, 0.5) is 5.82 Å². The number of hydrogen-bond donors (Lipinski definition) is 0. The van der Waals surface area contributed by atoms with Crippen molar-refractivity contribution in [1.29, 1.82) is 0 Å². The summed E-state index contributed by atoms with van der Waals surface area (Å²) in [6, 6.07) is 2.05. The third kappa shape index (κ3) is 1.84. The molecular formula is C10H14N2. The standard InChI is InChI=1S/C10H14N2/c1-8(2)7-11-10-9(3)5-6-12(10)4/h5-7H,1H2,2-4H3. The third-order valence-electron chi connectivity index (χ3n) is 1.64. The Balaban J connectivity index is 2.95. The van der Waals surface area contributed by atoms with Crippen molar-refractivity contribution < 1.29 is 0 Å². The van der Waals surface area contributed by atoms with E-state index >= 15 is 0 Å². The quantitative estimate of drug-likeness (QED) is 0.595. The SMILES string of the molecule is C=C(C)C=Nc1c(C)ccn1C. The van der Waals surface area contributed by atoms with Gasteiger partial charge in [-0.2, -0.15) is 0 Å². The minimum absolute atomic E-state index is 0.968. The molecule has 0 bridgehead atoms. The minimum atomic E-state index is 0.968. The number of aliphatic imine (C=N–C) groups is 1. The second-order valence-electron chi connectivity index (χ2n) is 3.04. The van der Waals surface area contributed by atoms with Crippen LogP contribution in [0.25, 0.3) is 0 Å². The van der Waals surface area contributed by atoms with Crippen molar-refractivity contribution in [2.24, 2.45) is 12.0 Å². The zero-order valence-electron chi connectivity index (χ0n) is 7.83. The maximum atomic E-state index is 4.30. The minimum Gasteiger partial charge on any atom is -0.336 e. The van der Waals surface area contributed by atoms with Crippen molar-refractivity contribution >= 4 is 12.0 Å². The van der Waals surface area contributed by atoms with Crippen LogP contribution >= 0.6 is 0 Å². The summed E-state index contributed by atoms with van der Waals surface area (Å²) in [5.74, 6) is 0.998. The lowest BCUT2D eigenvalue weighted by molar-refractivity contribution is 0.923. The van der Waals surface area contributed by atoms with E-state index in [0.29, 0.717) is 0 Å². The van der Waals surface area contributed by atoms with Gasteiger partial charge in [0, 0.05) is 19.5 Å². The van der Waals surface area contributed by atoms with Crippen LogP contribution in [0.15, 0.2) is 29.4 Å². The van der Waals surface area contributed by atoms with E-state index in [-0.39, 0.29) is 0 Å². The van der Waals surface area contributed by atoms with Crippen LogP contribution in [0.3, 0.4) is 0 Å². The fraction of sp³-hybridized carbons (Fsp3) is 0.300. The highest BCUT2D eigenvalue weighted by Crippen LogP contribution is 2.17. The van der Waals surface area contributed by atoms with Crippen molar-refractivity contribution in [2.75, 3.05) is 0 Å². The molecule has 2 heteroatoms. The van der Waals surface area contributed by atoms with Crippen molar-refractivity contribution in [3.05, 3.63) is 30.0 Å². The highest BCUT2D eigenvalue weighted by atomic mass is 15.0. The molecule has 0 radical (unpaired) electrons. The Morgan fingerprint density at radius 2 is 2.33 bits per heavy atom. The van der Waals surface area contributed by atoms with E-state index in [2.05, 4.69) is 11.6 Å². The second-order valence-corrected chi connectivity index (χ2v) is 3.04. The van der Waals surface area contributed by atoms with Crippen LogP contribution in [0.1, 0.15) is 12.5 Å². The van der Waals surface area contributed by atoms with Crippen LogP contribution in [-0.4, -0.2) is 10.8 Å². The van der Waals surface area contributed by atoms with Gasteiger partial charge in [-0.1, -0.05) is 6.58 Å². The van der Waals surface area contributed by atoms with E-state index in [0.717, 1.165) is 11.4 Å². The van der Waals surface area contributed by atoms with E-state index in [4.69, 9.17) is 0 Å². The Morgan fingerprint density at radius 3 is 2.75 bits per heavy atom. The zero-order valence-corrected chi connectivity index (χ0v) is 7.83. The zero-order chi connectivity index (χ0) is 9.14. The van der Waals surface area contributed by atoms with Crippen LogP contribution < -0.4 is 0 Å². The molecule has 0 aromatic carbocycles. The summed E-state index contributed by atoms with van der Waals surface area (Å²) in [4.78, 5) is 4.30. The first-order valence-electron chi connectivity index (χ1n) is 3.93. The number of hydrogen-bond acceptors (Lipinski definition) is 1. The van der Waals surface area contributed by atoms with Gasteiger partial charge in [-0.3, -0.25) is 0 Å².